The fourth-order valence-electron chi connectivity index (χ4n) is 0.760. The summed E-state index contributed by atoms with van der Waals surface area (Å²) in [6.07, 6.45) is 0. The molecule has 0 bridgehead atoms. The molecule has 0 spiro atoms. The van der Waals surface area contributed by atoms with Crippen molar-refractivity contribution >= 4 is 11.4 Å². The number of rotatable bonds is 2. The van der Waals surface area contributed by atoms with Crippen LogP contribution in [0.1, 0.15) is 0 Å². The molecule has 0 fully saturated rings. The number of nitro groups is 1. The zero-order chi connectivity index (χ0) is 9.14. The van der Waals surface area contributed by atoms with Gasteiger partial charge < -0.3 is 5.11 Å². The third kappa shape index (κ3) is 1.22. The summed E-state index contributed by atoms with van der Waals surface area (Å²) >= 11 is 0. The van der Waals surface area contributed by atoms with Crippen LogP contribution in [0.5, 0.6) is 5.75 Å². The van der Waals surface area contributed by atoms with Gasteiger partial charge in [0.25, 0.3) is 0 Å². The van der Waals surface area contributed by atoms with Crippen molar-refractivity contribution in [2.45, 2.75) is 0 Å². The average Bonchev–Trinajstić information content (AvgIpc) is 2.03. The summed E-state index contributed by atoms with van der Waals surface area (Å²) in [5, 5.41) is 21.5. The Labute approximate surface area is 66.6 Å². The molecule has 0 heterocycles. The molecule has 1 aromatic rings. The number of nitro benzene ring substituents is 1. The Morgan fingerprint density at radius 1 is 1.50 bits per heavy atom. The smallest absolute Gasteiger partial charge is 0.302 e. The number of phenols is 1. The Morgan fingerprint density at radius 2 is 2.17 bits per heavy atom. The summed E-state index contributed by atoms with van der Waals surface area (Å²) in [7, 11) is 0. The highest BCUT2D eigenvalue weighted by Gasteiger charge is 2.17. The molecule has 62 valence electrons. The predicted octanol–water partition coefficient (Wildman–Crippen LogP) is 1.70. The van der Waals surface area contributed by atoms with Crippen LogP contribution >= 0.6 is 0 Å². The van der Waals surface area contributed by atoms with Gasteiger partial charge in [0, 0.05) is 6.07 Å². The van der Waals surface area contributed by atoms with Gasteiger partial charge in [0.15, 0.2) is 5.75 Å². The Bertz CT molecular complexity index is 336. The molecule has 0 unspecified atom stereocenters. The second-order valence-corrected chi connectivity index (χ2v) is 1.99. The molecule has 0 aromatic heterocycles. The summed E-state index contributed by atoms with van der Waals surface area (Å²) in [6, 6.07) is 3.52. The molecule has 0 atom stereocenters. The van der Waals surface area contributed by atoms with E-state index in [1.807, 2.05) is 0 Å². The van der Waals surface area contributed by atoms with Gasteiger partial charge in [-0.05, 0) is 11.2 Å². The summed E-state index contributed by atoms with van der Waals surface area (Å²) in [5.74, 6) is -0.487. The van der Waals surface area contributed by atoms with E-state index in [0.29, 0.717) is 0 Å². The highest BCUT2D eigenvalue weighted by atomic mass is 16.6. The van der Waals surface area contributed by atoms with Crippen molar-refractivity contribution in [2.75, 3.05) is 0 Å². The van der Waals surface area contributed by atoms with Crippen LogP contribution in [-0.4, -0.2) is 10.0 Å². The van der Waals surface area contributed by atoms with E-state index in [1.165, 1.54) is 6.07 Å². The molecular weight excluding hydrogens is 164 g/mol. The summed E-state index contributed by atoms with van der Waals surface area (Å²) in [6.45, 7) is 0. The monoisotopic (exact) mass is 168 g/mol. The number of hydrogen-bond donors (Lipinski definition) is 1. The van der Waals surface area contributed by atoms with E-state index in [2.05, 4.69) is 5.18 Å². The van der Waals surface area contributed by atoms with Crippen molar-refractivity contribution < 1.29 is 10.0 Å². The molecule has 0 aliphatic carbocycles. The van der Waals surface area contributed by atoms with E-state index in [-0.39, 0.29) is 0 Å². The summed E-state index contributed by atoms with van der Waals surface area (Å²) in [5.41, 5.74) is -1.03. The lowest BCUT2D eigenvalue weighted by atomic mass is 10.2. The lowest BCUT2D eigenvalue weighted by Crippen LogP contribution is -1.87. The number of benzene rings is 1. The fourth-order valence-corrected chi connectivity index (χ4v) is 0.760. The standard InChI is InChI=1S/C6H4N2O4/c9-5-3-1-2-4(8(11)12)6(5)7-10/h1-3,9H. The SMILES string of the molecule is O=Nc1c(O)cccc1[N+](=O)[O-]. The highest BCUT2D eigenvalue weighted by Crippen LogP contribution is 2.35. The number of phenolic OH excluding ortho intramolecular Hbond substituents is 1. The maximum Gasteiger partial charge on any atom is 0.302 e. The van der Waals surface area contributed by atoms with Gasteiger partial charge in [0.1, 0.15) is 0 Å². The van der Waals surface area contributed by atoms with E-state index in [1.54, 1.807) is 0 Å². The van der Waals surface area contributed by atoms with E-state index in [9.17, 15) is 15.0 Å². The normalized spacial score (nSPS) is 9.33. The van der Waals surface area contributed by atoms with Gasteiger partial charge in [-0.3, -0.25) is 10.1 Å². The summed E-state index contributed by atoms with van der Waals surface area (Å²) < 4.78 is 0. The Morgan fingerprint density at radius 3 is 2.58 bits per heavy atom. The fraction of sp³-hybridized carbons (Fsp3) is 0. The third-order valence-electron chi connectivity index (χ3n) is 1.28. The minimum atomic E-state index is -0.781. The van der Waals surface area contributed by atoms with Crippen LogP contribution in [0.25, 0.3) is 0 Å². The van der Waals surface area contributed by atoms with Crippen LogP contribution in [0.3, 0.4) is 0 Å². The number of aromatic hydroxyl groups is 1. The Hall–Kier alpha value is -1.98. The van der Waals surface area contributed by atoms with Crippen molar-refractivity contribution in [2.24, 2.45) is 5.18 Å². The zero-order valence-electron chi connectivity index (χ0n) is 5.80. The second-order valence-electron chi connectivity index (χ2n) is 1.99. The number of nitroso groups, excluding NO2 is 1. The summed E-state index contributed by atoms with van der Waals surface area (Å²) in [4.78, 5) is 19.5. The van der Waals surface area contributed by atoms with Gasteiger partial charge in [0.2, 0.25) is 5.69 Å². The Kier molecular flexibility index (Phi) is 2.00. The molecule has 0 saturated carbocycles. The molecule has 0 amide bonds. The number of nitrogens with zero attached hydrogens (tertiary/aromatic N) is 2. The van der Waals surface area contributed by atoms with Crippen molar-refractivity contribution in [3.05, 3.63) is 33.2 Å². The first-order valence-corrected chi connectivity index (χ1v) is 2.96. The largest absolute Gasteiger partial charge is 0.505 e. The molecule has 0 saturated heterocycles. The number of hydrogen-bond acceptors (Lipinski definition) is 5. The zero-order valence-corrected chi connectivity index (χ0v) is 5.80. The molecule has 6 nitrogen and oxygen atoms in total. The van der Waals surface area contributed by atoms with Crippen LogP contribution < -0.4 is 0 Å². The highest BCUT2D eigenvalue weighted by molar-refractivity contribution is 5.65. The van der Waals surface area contributed by atoms with Crippen LogP contribution in [0.15, 0.2) is 23.4 Å². The van der Waals surface area contributed by atoms with Gasteiger partial charge in [-0.15, -0.1) is 4.91 Å². The van der Waals surface area contributed by atoms with E-state index in [4.69, 9.17) is 5.11 Å². The molecule has 0 radical (unpaired) electrons. The van der Waals surface area contributed by atoms with Crippen molar-refractivity contribution in [1.29, 1.82) is 0 Å². The lowest BCUT2D eigenvalue weighted by Gasteiger charge is -1.95. The first kappa shape index (κ1) is 8.12. The first-order valence-electron chi connectivity index (χ1n) is 2.96. The van der Waals surface area contributed by atoms with Crippen molar-refractivity contribution in [1.82, 2.24) is 0 Å². The van der Waals surface area contributed by atoms with E-state index in [0.717, 1.165) is 12.1 Å². The van der Waals surface area contributed by atoms with Crippen LogP contribution in [-0.2, 0) is 0 Å². The average molecular weight is 168 g/mol. The maximum absolute atomic E-state index is 10.2. The molecule has 0 aliphatic rings. The topological polar surface area (TPSA) is 92.8 Å². The molecule has 1 aromatic carbocycles. The molecule has 1 rings (SSSR count). The van der Waals surface area contributed by atoms with Crippen molar-refractivity contribution in [3.63, 3.8) is 0 Å². The molecule has 0 aliphatic heterocycles. The Balaban J connectivity index is 3.37. The third-order valence-corrected chi connectivity index (χ3v) is 1.28. The molecule has 1 N–H and O–H groups in total. The van der Waals surface area contributed by atoms with Crippen LogP contribution in [0.4, 0.5) is 11.4 Å². The second kappa shape index (κ2) is 2.95. The van der Waals surface area contributed by atoms with E-state index < -0.39 is 22.0 Å². The van der Waals surface area contributed by atoms with Gasteiger partial charge in [-0.2, -0.15) is 0 Å². The van der Waals surface area contributed by atoms with Gasteiger partial charge >= 0.3 is 5.69 Å². The van der Waals surface area contributed by atoms with Gasteiger partial charge in [0.05, 0.1) is 4.92 Å². The molecular formula is C6H4N2O4. The minimum Gasteiger partial charge on any atom is -0.505 e. The quantitative estimate of drug-likeness (QED) is 0.413. The van der Waals surface area contributed by atoms with Crippen LogP contribution in [0, 0.1) is 15.0 Å². The lowest BCUT2D eigenvalue weighted by molar-refractivity contribution is -0.384. The molecule has 6 heteroatoms. The van der Waals surface area contributed by atoms with Gasteiger partial charge in [-0.25, -0.2) is 0 Å². The van der Waals surface area contributed by atoms with Crippen LogP contribution in [0.2, 0.25) is 0 Å². The maximum atomic E-state index is 10.2. The van der Waals surface area contributed by atoms with Crippen molar-refractivity contribution in [3.8, 4) is 5.75 Å². The van der Waals surface area contributed by atoms with E-state index >= 15 is 0 Å². The minimum absolute atomic E-state index is 0.487. The van der Waals surface area contributed by atoms with Gasteiger partial charge in [-0.1, -0.05) is 6.07 Å². The predicted molar refractivity (Wildman–Crippen MR) is 40.2 cm³/mol. The molecule has 12 heavy (non-hydrogen) atoms. The first-order chi connectivity index (χ1) is 5.66.